The highest BCUT2D eigenvalue weighted by atomic mass is 35.5. The summed E-state index contributed by atoms with van der Waals surface area (Å²) in [6.45, 7) is 0.546. The van der Waals surface area contributed by atoms with Crippen LogP contribution in [-0.2, 0) is 9.59 Å². The van der Waals surface area contributed by atoms with Gasteiger partial charge in [0.25, 0.3) is 0 Å². The van der Waals surface area contributed by atoms with E-state index < -0.39 is 5.50 Å². The molecule has 2 aromatic carbocycles. The number of nitrogens with one attached hydrogen (secondary N) is 4. The first-order chi connectivity index (χ1) is 14.5. The Kier molecular flexibility index (Phi) is 6.33. The quantitative estimate of drug-likeness (QED) is 0.538. The van der Waals surface area contributed by atoms with E-state index in [9.17, 15) is 9.59 Å². The third-order valence-electron chi connectivity index (χ3n) is 4.92. The van der Waals surface area contributed by atoms with Crippen LogP contribution in [0.15, 0.2) is 48.5 Å². The Hall–Kier alpha value is -2.46. The molecule has 3 unspecified atom stereocenters. The maximum atomic E-state index is 12.6. The van der Waals surface area contributed by atoms with E-state index in [1.165, 1.54) is 18.9 Å². The van der Waals surface area contributed by atoms with Gasteiger partial charge in [0.2, 0.25) is 11.8 Å². The third kappa shape index (κ3) is 4.49. The Bertz CT molecular complexity index is 932. The second-order valence-corrected chi connectivity index (χ2v) is 8.41. The predicted octanol–water partition coefficient (Wildman–Crippen LogP) is 1.99. The van der Waals surface area contributed by atoms with Crippen LogP contribution in [0.25, 0.3) is 0 Å². The highest BCUT2D eigenvalue weighted by Gasteiger charge is 2.44. The molecule has 2 heterocycles. The molecule has 2 aromatic rings. The molecule has 8 nitrogen and oxygen atoms in total. The number of ether oxygens (including phenoxy) is 1. The zero-order valence-corrected chi connectivity index (χ0v) is 17.8. The highest BCUT2D eigenvalue weighted by Crippen LogP contribution is 2.29. The average molecular weight is 448 g/mol. The van der Waals surface area contributed by atoms with Crippen LogP contribution in [0, 0.1) is 5.92 Å². The van der Waals surface area contributed by atoms with E-state index in [2.05, 4.69) is 21.4 Å². The summed E-state index contributed by atoms with van der Waals surface area (Å²) in [4.78, 5) is 25.0. The number of halogens is 1. The van der Waals surface area contributed by atoms with Gasteiger partial charge in [0.05, 0.1) is 30.2 Å². The van der Waals surface area contributed by atoms with Gasteiger partial charge in [-0.05, 0) is 30.3 Å². The molecule has 4 N–H and O–H groups in total. The largest absolute Gasteiger partial charge is 0.495 e. The first-order valence-electron chi connectivity index (χ1n) is 9.44. The van der Waals surface area contributed by atoms with Crippen molar-refractivity contribution in [1.82, 2.24) is 16.1 Å². The molecular weight excluding hydrogens is 426 g/mol. The average Bonchev–Trinajstić information content (AvgIpc) is 3.18. The number of hydrazine groups is 1. The molecule has 0 spiro atoms. The lowest BCUT2D eigenvalue weighted by Crippen LogP contribution is -2.63. The number of para-hydroxylation sites is 1. The number of carbonyl (C=O) groups is 2. The number of carbonyl (C=O) groups excluding carboxylic acids is 2. The second-order valence-electron chi connectivity index (χ2n) is 6.88. The molecular formula is C20H22ClN5O3S. The molecule has 10 heteroatoms. The van der Waals surface area contributed by atoms with Crippen molar-refractivity contribution in [3.05, 3.63) is 53.6 Å². The van der Waals surface area contributed by atoms with Gasteiger partial charge in [-0.15, -0.1) is 11.8 Å². The Balaban J connectivity index is 1.37. The number of hydrogen-bond acceptors (Lipinski definition) is 7. The van der Waals surface area contributed by atoms with Gasteiger partial charge < -0.3 is 15.4 Å². The Morgan fingerprint density at radius 1 is 1.30 bits per heavy atom. The minimum absolute atomic E-state index is 0.0425. The normalized spacial score (nSPS) is 22.9. The molecule has 0 radical (unpaired) electrons. The molecule has 158 valence electrons. The van der Waals surface area contributed by atoms with Crippen molar-refractivity contribution >= 4 is 46.6 Å². The van der Waals surface area contributed by atoms with Gasteiger partial charge >= 0.3 is 0 Å². The molecule has 4 rings (SSSR count). The van der Waals surface area contributed by atoms with Crippen molar-refractivity contribution in [3.63, 3.8) is 0 Å². The fourth-order valence-corrected chi connectivity index (χ4v) is 4.50. The zero-order chi connectivity index (χ0) is 21.1. The van der Waals surface area contributed by atoms with E-state index in [0.717, 1.165) is 5.69 Å². The molecule has 2 saturated heterocycles. The van der Waals surface area contributed by atoms with Crippen molar-refractivity contribution in [2.75, 3.05) is 29.7 Å². The van der Waals surface area contributed by atoms with Gasteiger partial charge in [-0.3, -0.25) is 19.9 Å². The van der Waals surface area contributed by atoms with Crippen LogP contribution in [0.2, 0.25) is 5.02 Å². The summed E-state index contributed by atoms with van der Waals surface area (Å²) in [6.07, 6.45) is -0.199. The van der Waals surface area contributed by atoms with Gasteiger partial charge in [-0.2, -0.15) is 0 Å². The number of anilines is 2. The van der Waals surface area contributed by atoms with Crippen LogP contribution in [-0.4, -0.2) is 42.9 Å². The van der Waals surface area contributed by atoms with Gasteiger partial charge in [-0.1, -0.05) is 29.8 Å². The number of nitrogens with zero attached hydrogens (tertiary/aromatic N) is 1. The van der Waals surface area contributed by atoms with Crippen molar-refractivity contribution < 1.29 is 14.3 Å². The maximum Gasteiger partial charge on any atom is 0.234 e. The molecule has 2 aliphatic heterocycles. The van der Waals surface area contributed by atoms with Gasteiger partial charge in [0.1, 0.15) is 17.4 Å². The molecule has 0 aliphatic carbocycles. The summed E-state index contributed by atoms with van der Waals surface area (Å²) >= 11 is 7.32. The number of benzene rings is 2. The SMILES string of the molecule is COc1ccc(Cl)cc1NC(=O)CSC1NC(=O)C2CNN(c3ccccc3)C2N1. The van der Waals surface area contributed by atoms with E-state index >= 15 is 0 Å². The van der Waals surface area contributed by atoms with E-state index in [4.69, 9.17) is 16.3 Å². The smallest absolute Gasteiger partial charge is 0.234 e. The van der Waals surface area contributed by atoms with Crippen molar-refractivity contribution in [2.45, 2.75) is 11.7 Å². The predicted molar refractivity (Wildman–Crippen MR) is 118 cm³/mol. The van der Waals surface area contributed by atoms with Crippen molar-refractivity contribution in [1.29, 1.82) is 0 Å². The van der Waals surface area contributed by atoms with Crippen LogP contribution in [0.5, 0.6) is 5.75 Å². The third-order valence-corrected chi connectivity index (χ3v) is 6.18. The zero-order valence-electron chi connectivity index (χ0n) is 16.2. The topological polar surface area (TPSA) is 94.7 Å². The molecule has 0 bridgehead atoms. The Morgan fingerprint density at radius 2 is 2.10 bits per heavy atom. The van der Waals surface area contributed by atoms with Gasteiger partial charge in [0, 0.05) is 11.6 Å². The summed E-state index contributed by atoms with van der Waals surface area (Å²) < 4.78 is 5.25. The molecule has 2 aliphatic rings. The first kappa shape index (κ1) is 20.8. The molecule has 0 saturated carbocycles. The Labute approximate surface area is 183 Å². The van der Waals surface area contributed by atoms with Crippen molar-refractivity contribution in [2.24, 2.45) is 5.92 Å². The monoisotopic (exact) mass is 447 g/mol. The summed E-state index contributed by atoms with van der Waals surface area (Å²) in [5.41, 5.74) is 4.36. The van der Waals surface area contributed by atoms with Gasteiger partial charge in [-0.25, -0.2) is 5.43 Å². The van der Waals surface area contributed by atoms with Crippen LogP contribution < -0.4 is 31.1 Å². The fraction of sp³-hybridized carbons (Fsp3) is 0.300. The number of methoxy groups -OCH3 is 1. The van der Waals surface area contributed by atoms with Crippen LogP contribution >= 0.6 is 23.4 Å². The van der Waals surface area contributed by atoms with E-state index in [1.807, 2.05) is 35.3 Å². The summed E-state index contributed by atoms with van der Waals surface area (Å²) in [6, 6.07) is 14.8. The van der Waals surface area contributed by atoms with E-state index in [1.54, 1.807) is 18.2 Å². The molecule has 0 aromatic heterocycles. The number of rotatable bonds is 6. The van der Waals surface area contributed by atoms with Crippen LogP contribution in [0.1, 0.15) is 0 Å². The lowest BCUT2D eigenvalue weighted by molar-refractivity contribution is -0.127. The molecule has 2 amide bonds. The molecule has 30 heavy (non-hydrogen) atoms. The van der Waals surface area contributed by atoms with E-state index in [-0.39, 0.29) is 29.7 Å². The Morgan fingerprint density at radius 3 is 2.87 bits per heavy atom. The minimum atomic E-state index is -0.392. The number of fused-ring (bicyclic) bond motifs is 1. The maximum absolute atomic E-state index is 12.6. The summed E-state index contributed by atoms with van der Waals surface area (Å²) in [5.74, 6) is 0.193. The standard InChI is InChI=1S/C20H22ClN5O3S/c1-29-16-8-7-12(21)9-15(16)23-17(27)11-30-20-24-18-14(19(28)25-20)10-22-26(18)13-5-3-2-4-6-13/h2-9,14,18,20,22,24H,10-11H2,1H3,(H,23,27)(H,25,28). The number of amides is 2. The summed E-state index contributed by atoms with van der Waals surface area (Å²) in [7, 11) is 1.53. The second kappa shape index (κ2) is 9.13. The minimum Gasteiger partial charge on any atom is -0.495 e. The first-order valence-corrected chi connectivity index (χ1v) is 10.9. The van der Waals surface area contributed by atoms with Crippen LogP contribution in [0.3, 0.4) is 0 Å². The fourth-order valence-electron chi connectivity index (χ4n) is 3.50. The lowest BCUT2D eigenvalue weighted by Gasteiger charge is -2.37. The van der Waals surface area contributed by atoms with Gasteiger partial charge in [0.15, 0.2) is 0 Å². The van der Waals surface area contributed by atoms with Crippen LogP contribution in [0.4, 0.5) is 11.4 Å². The summed E-state index contributed by atoms with van der Waals surface area (Å²) in [5, 5.41) is 11.6. The molecule has 2 fully saturated rings. The van der Waals surface area contributed by atoms with E-state index in [0.29, 0.717) is 23.0 Å². The lowest BCUT2D eigenvalue weighted by atomic mass is 10.1. The number of hydrogen-bond donors (Lipinski definition) is 4. The highest BCUT2D eigenvalue weighted by molar-refractivity contribution is 8.00. The molecule has 3 atom stereocenters. The number of thioether (sulfide) groups is 1. The van der Waals surface area contributed by atoms with Crippen molar-refractivity contribution in [3.8, 4) is 5.75 Å².